The number of hydrogen-bond donors (Lipinski definition) is 2. The molecular formula is C12H16N4O3. The molecule has 0 radical (unpaired) electrons. The smallest absolute Gasteiger partial charge is 0.301 e. The Morgan fingerprint density at radius 2 is 2.47 bits per heavy atom. The molecule has 0 spiro atoms. The van der Waals surface area contributed by atoms with Gasteiger partial charge in [0.2, 0.25) is 0 Å². The zero-order valence-electron chi connectivity index (χ0n) is 10.6. The molecule has 0 saturated heterocycles. The van der Waals surface area contributed by atoms with Gasteiger partial charge in [-0.25, -0.2) is 5.84 Å². The highest BCUT2D eigenvalue weighted by Gasteiger charge is 2.14. The average molecular weight is 264 g/mol. The largest absolute Gasteiger partial charge is 0.485 e. The van der Waals surface area contributed by atoms with Crippen molar-refractivity contribution in [3.05, 3.63) is 36.0 Å². The van der Waals surface area contributed by atoms with Crippen LogP contribution in [0.4, 0.5) is 0 Å². The Bertz CT molecular complexity index is 547. The number of amides is 1. The molecule has 2 aromatic heterocycles. The third-order valence-electron chi connectivity index (χ3n) is 2.54. The van der Waals surface area contributed by atoms with Crippen molar-refractivity contribution in [2.75, 3.05) is 0 Å². The highest BCUT2D eigenvalue weighted by molar-refractivity contribution is 5.92. The molecule has 0 aliphatic carbocycles. The minimum Gasteiger partial charge on any atom is -0.485 e. The van der Waals surface area contributed by atoms with Crippen molar-refractivity contribution in [2.24, 2.45) is 5.84 Å². The van der Waals surface area contributed by atoms with Gasteiger partial charge in [-0.15, -0.1) is 0 Å². The summed E-state index contributed by atoms with van der Waals surface area (Å²) in [6.45, 7) is 3.14. The molecule has 2 aromatic rings. The van der Waals surface area contributed by atoms with E-state index in [9.17, 15) is 4.79 Å². The molecule has 0 aliphatic rings. The lowest BCUT2D eigenvalue weighted by molar-refractivity contribution is 0.0922. The highest BCUT2D eigenvalue weighted by Crippen LogP contribution is 2.15. The standard InChI is InChI=1S/C12H16N4O3/c1-2-4-16-7-10(6-14-16)19-8-9-3-5-18-11(9)12(17)15-13/h3,5-7H,2,4,8,13H2,1H3,(H,15,17). The number of carbonyl (C=O) groups excluding carboxylic acids is 1. The number of hydrogen-bond acceptors (Lipinski definition) is 5. The van der Waals surface area contributed by atoms with Gasteiger partial charge in [-0.3, -0.25) is 14.9 Å². The summed E-state index contributed by atoms with van der Waals surface area (Å²) in [5, 5.41) is 4.15. The fourth-order valence-corrected chi connectivity index (χ4v) is 1.65. The minimum atomic E-state index is -0.481. The molecule has 3 N–H and O–H groups in total. The van der Waals surface area contributed by atoms with Crippen LogP contribution in [-0.4, -0.2) is 15.7 Å². The third-order valence-corrected chi connectivity index (χ3v) is 2.54. The van der Waals surface area contributed by atoms with Crippen molar-refractivity contribution in [3.63, 3.8) is 0 Å². The number of hydrazine groups is 1. The molecule has 0 bridgehead atoms. The first kappa shape index (κ1) is 13.2. The second-order valence-corrected chi connectivity index (χ2v) is 3.98. The van der Waals surface area contributed by atoms with Crippen LogP contribution in [-0.2, 0) is 13.2 Å². The summed E-state index contributed by atoms with van der Waals surface area (Å²) in [6.07, 6.45) is 5.87. The Kier molecular flexibility index (Phi) is 4.19. The van der Waals surface area contributed by atoms with Crippen LogP contribution < -0.4 is 16.0 Å². The average Bonchev–Trinajstić information content (AvgIpc) is 3.04. The summed E-state index contributed by atoms with van der Waals surface area (Å²) in [7, 11) is 0. The topological polar surface area (TPSA) is 95.3 Å². The summed E-state index contributed by atoms with van der Waals surface area (Å²) >= 11 is 0. The van der Waals surface area contributed by atoms with Crippen LogP contribution in [0.2, 0.25) is 0 Å². The van der Waals surface area contributed by atoms with Crippen LogP contribution in [0.5, 0.6) is 5.75 Å². The Morgan fingerprint density at radius 1 is 1.63 bits per heavy atom. The lowest BCUT2D eigenvalue weighted by atomic mass is 10.2. The molecule has 102 valence electrons. The molecule has 2 heterocycles. The van der Waals surface area contributed by atoms with Gasteiger partial charge in [-0.05, 0) is 12.5 Å². The van der Waals surface area contributed by atoms with Crippen LogP contribution in [0.1, 0.15) is 29.5 Å². The first-order valence-electron chi connectivity index (χ1n) is 5.97. The molecule has 0 unspecified atom stereocenters. The normalized spacial score (nSPS) is 10.4. The highest BCUT2D eigenvalue weighted by atomic mass is 16.5. The van der Waals surface area contributed by atoms with Crippen LogP contribution in [0, 0.1) is 0 Å². The number of nitrogens with two attached hydrogens (primary N) is 1. The number of furan rings is 1. The predicted octanol–water partition coefficient (Wildman–Crippen LogP) is 1.07. The van der Waals surface area contributed by atoms with E-state index in [1.165, 1.54) is 6.26 Å². The quantitative estimate of drug-likeness (QED) is 0.462. The number of nitrogen functional groups attached to an aromatic ring is 1. The number of ether oxygens (including phenoxy) is 1. The van der Waals surface area contributed by atoms with Gasteiger partial charge >= 0.3 is 5.91 Å². The fourth-order valence-electron chi connectivity index (χ4n) is 1.65. The maximum atomic E-state index is 11.4. The summed E-state index contributed by atoms with van der Waals surface area (Å²) in [5.41, 5.74) is 2.65. The van der Waals surface area contributed by atoms with E-state index in [1.54, 1.807) is 16.9 Å². The lowest BCUT2D eigenvalue weighted by Crippen LogP contribution is -2.30. The summed E-state index contributed by atoms with van der Waals surface area (Å²) < 4.78 is 12.4. The number of rotatable bonds is 6. The second kappa shape index (κ2) is 6.05. The minimum absolute atomic E-state index is 0.156. The first-order valence-corrected chi connectivity index (χ1v) is 5.97. The van der Waals surface area contributed by atoms with Crippen LogP contribution in [0.25, 0.3) is 0 Å². The van der Waals surface area contributed by atoms with E-state index in [0.717, 1.165) is 13.0 Å². The molecule has 7 heteroatoms. The van der Waals surface area contributed by atoms with E-state index in [1.807, 2.05) is 11.6 Å². The van der Waals surface area contributed by atoms with Crippen molar-refractivity contribution in [2.45, 2.75) is 26.5 Å². The van der Waals surface area contributed by atoms with Crippen molar-refractivity contribution in [3.8, 4) is 5.75 Å². The molecule has 0 atom stereocenters. The van der Waals surface area contributed by atoms with E-state index in [0.29, 0.717) is 11.3 Å². The molecule has 7 nitrogen and oxygen atoms in total. The van der Waals surface area contributed by atoms with Crippen LogP contribution in [0.3, 0.4) is 0 Å². The molecular weight excluding hydrogens is 248 g/mol. The van der Waals surface area contributed by atoms with Gasteiger partial charge in [0.05, 0.1) is 18.7 Å². The van der Waals surface area contributed by atoms with Gasteiger partial charge in [-0.1, -0.05) is 6.92 Å². The number of carbonyl (C=O) groups is 1. The van der Waals surface area contributed by atoms with Crippen LogP contribution >= 0.6 is 0 Å². The number of aromatic nitrogens is 2. The van der Waals surface area contributed by atoms with Gasteiger partial charge in [-0.2, -0.15) is 5.10 Å². The molecule has 0 aliphatic heterocycles. The van der Waals surface area contributed by atoms with Crippen molar-refractivity contribution in [1.82, 2.24) is 15.2 Å². The Labute approximate surface area is 110 Å². The zero-order chi connectivity index (χ0) is 13.7. The van der Waals surface area contributed by atoms with Gasteiger partial charge in [0.25, 0.3) is 0 Å². The van der Waals surface area contributed by atoms with E-state index >= 15 is 0 Å². The SMILES string of the molecule is CCCn1cc(OCc2ccoc2C(=O)NN)cn1. The summed E-state index contributed by atoms with van der Waals surface area (Å²) in [4.78, 5) is 11.4. The maximum Gasteiger partial charge on any atom is 0.301 e. The first-order chi connectivity index (χ1) is 9.24. The van der Waals surface area contributed by atoms with Crippen molar-refractivity contribution in [1.29, 1.82) is 0 Å². The van der Waals surface area contributed by atoms with E-state index < -0.39 is 5.91 Å². The molecule has 0 fully saturated rings. The fraction of sp³-hybridized carbons (Fsp3) is 0.333. The van der Waals surface area contributed by atoms with Gasteiger partial charge < -0.3 is 9.15 Å². The van der Waals surface area contributed by atoms with Gasteiger partial charge in [0, 0.05) is 12.1 Å². The third kappa shape index (κ3) is 3.14. The number of aryl methyl sites for hydroxylation is 1. The molecule has 1 amide bonds. The summed E-state index contributed by atoms with van der Waals surface area (Å²) in [5.74, 6) is 5.38. The predicted molar refractivity (Wildman–Crippen MR) is 67.2 cm³/mol. The summed E-state index contributed by atoms with van der Waals surface area (Å²) in [6, 6.07) is 1.67. The number of nitrogens with zero attached hydrogens (tertiary/aromatic N) is 2. The van der Waals surface area contributed by atoms with E-state index in [-0.39, 0.29) is 12.4 Å². The Balaban J connectivity index is 1.98. The number of nitrogens with one attached hydrogen (secondary N) is 1. The van der Waals surface area contributed by atoms with E-state index in [2.05, 4.69) is 12.0 Å². The van der Waals surface area contributed by atoms with Crippen molar-refractivity contribution >= 4 is 5.91 Å². The van der Waals surface area contributed by atoms with E-state index in [4.69, 9.17) is 15.0 Å². The molecule has 2 rings (SSSR count). The Hall–Kier alpha value is -2.28. The molecule has 19 heavy (non-hydrogen) atoms. The van der Waals surface area contributed by atoms with Gasteiger partial charge in [0.15, 0.2) is 11.5 Å². The lowest BCUT2D eigenvalue weighted by Gasteiger charge is -2.03. The molecule has 0 aromatic carbocycles. The monoisotopic (exact) mass is 264 g/mol. The second-order valence-electron chi connectivity index (χ2n) is 3.98. The Morgan fingerprint density at radius 3 is 3.21 bits per heavy atom. The van der Waals surface area contributed by atoms with Gasteiger partial charge in [0.1, 0.15) is 6.61 Å². The van der Waals surface area contributed by atoms with Crippen LogP contribution in [0.15, 0.2) is 29.1 Å². The zero-order valence-corrected chi connectivity index (χ0v) is 10.6. The maximum absolute atomic E-state index is 11.4. The molecule has 0 saturated carbocycles. The van der Waals surface area contributed by atoms with Crippen molar-refractivity contribution < 1.29 is 13.9 Å².